The Labute approximate surface area is 78.7 Å². The third-order valence-electron chi connectivity index (χ3n) is 3.61. The number of hydrogen-bond donors (Lipinski definition) is 2. The van der Waals surface area contributed by atoms with Crippen molar-refractivity contribution < 1.29 is 8.42 Å². The number of rotatable bonds is 2. The lowest BCUT2D eigenvalue weighted by Crippen LogP contribution is -2.43. The summed E-state index contributed by atoms with van der Waals surface area (Å²) >= 11 is 0. The first-order valence-electron chi connectivity index (χ1n) is 4.67. The number of primary sulfonamides is 1. The third kappa shape index (κ3) is 1.60. The summed E-state index contributed by atoms with van der Waals surface area (Å²) in [5.74, 6) is 0.731. The van der Waals surface area contributed by atoms with Crippen LogP contribution in [0.4, 0.5) is 0 Å². The van der Waals surface area contributed by atoms with E-state index in [1.54, 1.807) is 0 Å². The van der Waals surface area contributed by atoms with Crippen molar-refractivity contribution in [1.29, 1.82) is 0 Å². The molecule has 0 heterocycles. The Morgan fingerprint density at radius 2 is 2.15 bits per heavy atom. The van der Waals surface area contributed by atoms with Crippen molar-refractivity contribution in [2.75, 3.05) is 5.75 Å². The van der Waals surface area contributed by atoms with Crippen LogP contribution in [0.15, 0.2) is 0 Å². The lowest BCUT2D eigenvalue weighted by Gasteiger charge is -2.31. The number of hydrogen-bond acceptors (Lipinski definition) is 3. The summed E-state index contributed by atoms with van der Waals surface area (Å²) in [4.78, 5) is 0. The van der Waals surface area contributed by atoms with Crippen molar-refractivity contribution in [3.8, 4) is 0 Å². The van der Waals surface area contributed by atoms with E-state index < -0.39 is 10.0 Å². The Kier molecular flexibility index (Phi) is 1.94. The summed E-state index contributed by atoms with van der Waals surface area (Å²) in [5.41, 5.74) is 5.76. The second-order valence-electron chi connectivity index (χ2n) is 4.62. The van der Waals surface area contributed by atoms with Crippen LogP contribution in [0.25, 0.3) is 0 Å². The van der Waals surface area contributed by atoms with E-state index in [-0.39, 0.29) is 17.2 Å². The van der Waals surface area contributed by atoms with E-state index >= 15 is 0 Å². The minimum Gasteiger partial charge on any atom is -0.327 e. The highest BCUT2D eigenvalue weighted by molar-refractivity contribution is 7.89. The Morgan fingerprint density at radius 1 is 1.46 bits per heavy atom. The summed E-state index contributed by atoms with van der Waals surface area (Å²) in [5, 5.41) is 5.07. The van der Waals surface area contributed by atoms with E-state index in [1.807, 2.05) is 0 Å². The quantitative estimate of drug-likeness (QED) is 0.652. The van der Waals surface area contributed by atoms with E-state index in [4.69, 9.17) is 10.9 Å². The maximum absolute atomic E-state index is 11.0. The molecule has 0 radical (unpaired) electrons. The molecule has 0 aromatic carbocycles. The van der Waals surface area contributed by atoms with Gasteiger partial charge in [-0.3, -0.25) is 0 Å². The van der Waals surface area contributed by atoms with Crippen LogP contribution in [0, 0.1) is 11.3 Å². The molecule has 2 saturated carbocycles. The van der Waals surface area contributed by atoms with Crippen LogP contribution in [0.3, 0.4) is 0 Å². The Morgan fingerprint density at radius 3 is 2.54 bits per heavy atom. The van der Waals surface area contributed by atoms with E-state index in [2.05, 4.69) is 0 Å². The molecule has 13 heavy (non-hydrogen) atoms. The van der Waals surface area contributed by atoms with Crippen LogP contribution in [-0.2, 0) is 10.0 Å². The SMILES string of the molecule is NC1CC2CCC1(CS(N)(=O)=O)C2. The zero-order valence-electron chi connectivity index (χ0n) is 7.57. The largest absolute Gasteiger partial charge is 0.327 e. The van der Waals surface area contributed by atoms with Gasteiger partial charge in [-0.15, -0.1) is 0 Å². The second kappa shape index (κ2) is 2.68. The highest BCUT2D eigenvalue weighted by atomic mass is 32.2. The molecule has 0 amide bonds. The monoisotopic (exact) mass is 204 g/mol. The molecule has 2 bridgehead atoms. The van der Waals surface area contributed by atoms with Crippen LogP contribution >= 0.6 is 0 Å². The first-order valence-corrected chi connectivity index (χ1v) is 6.39. The van der Waals surface area contributed by atoms with Gasteiger partial charge in [-0.05, 0) is 31.6 Å². The van der Waals surface area contributed by atoms with Crippen molar-refractivity contribution in [2.24, 2.45) is 22.2 Å². The molecule has 2 fully saturated rings. The number of fused-ring (bicyclic) bond motifs is 2. The van der Waals surface area contributed by atoms with E-state index in [0.717, 1.165) is 25.7 Å². The van der Waals surface area contributed by atoms with Crippen molar-refractivity contribution in [3.05, 3.63) is 0 Å². The van der Waals surface area contributed by atoms with Gasteiger partial charge >= 0.3 is 0 Å². The van der Waals surface area contributed by atoms with Gasteiger partial charge in [0.15, 0.2) is 0 Å². The number of sulfonamides is 1. The zero-order valence-corrected chi connectivity index (χ0v) is 8.39. The molecule has 3 unspecified atom stereocenters. The van der Waals surface area contributed by atoms with Gasteiger partial charge in [-0.25, -0.2) is 13.6 Å². The highest BCUT2D eigenvalue weighted by Gasteiger charge is 2.51. The summed E-state index contributed by atoms with van der Waals surface area (Å²) in [6.45, 7) is 0. The lowest BCUT2D eigenvalue weighted by molar-refractivity contribution is 0.284. The van der Waals surface area contributed by atoms with Crippen LogP contribution in [-0.4, -0.2) is 20.2 Å². The van der Waals surface area contributed by atoms with E-state index in [9.17, 15) is 8.42 Å². The predicted molar refractivity (Wildman–Crippen MR) is 50.3 cm³/mol. The fourth-order valence-corrected chi connectivity index (χ4v) is 4.33. The Balaban J connectivity index is 2.20. The van der Waals surface area contributed by atoms with Crippen LogP contribution in [0.5, 0.6) is 0 Å². The molecule has 0 saturated heterocycles. The maximum Gasteiger partial charge on any atom is 0.209 e. The maximum atomic E-state index is 11.0. The van der Waals surface area contributed by atoms with Crippen molar-refractivity contribution in [1.82, 2.24) is 0 Å². The minimum absolute atomic E-state index is 0.0459. The van der Waals surface area contributed by atoms with Gasteiger partial charge in [0.1, 0.15) is 0 Å². The topological polar surface area (TPSA) is 86.2 Å². The standard InChI is InChI=1S/C8H16N2O2S/c9-7-3-6-1-2-8(7,4-6)5-13(10,11)12/h6-7H,1-5,9H2,(H2,10,11,12). The zero-order chi connectivity index (χ0) is 9.69. The van der Waals surface area contributed by atoms with Crippen molar-refractivity contribution in [3.63, 3.8) is 0 Å². The molecule has 0 spiro atoms. The van der Waals surface area contributed by atoms with E-state index in [0.29, 0.717) is 5.92 Å². The minimum atomic E-state index is -3.36. The second-order valence-corrected chi connectivity index (χ2v) is 6.23. The van der Waals surface area contributed by atoms with Gasteiger partial charge in [0.2, 0.25) is 10.0 Å². The van der Waals surface area contributed by atoms with Gasteiger partial charge in [-0.2, -0.15) is 0 Å². The predicted octanol–water partition coefficient (Wildman–Crippen LogP) is -0.208. The molecule has 2 rings (SSSR count). The molecule has 2 aliphatic rings. The van der Waals surface area contributed by atoms with Gasteiger partial charge in [0.05, 0.1) is 5.75 Å². The highest BCUT2D eigenvalue weighted by Crippen LogP contribution is 2.53. The fraction of sp³-hybridized carbons (Fsp3) is 1.00. The first kappa shape index (κ1) is 9.43. The molecule has 0 aromatic rings. The summed E-state index contributed by atoms with van der Waals surface area (Å²) in [6, 6.07) is 0.0459. The molecule has 0 aromatic heterocycles. The molecule has 3 atom stereocenters. The summed E-state index contributed by atoms with van der Waals surface area (Å²) in [6.07, 6.45) is 4.01. The normalized spacial score (nSPS) is 44.2. The van der Waals surface area contributed by atoms with Gasteiger partial charge < -0.3 is 5.73 Å². The van der Waals surface area contributed by atoms with Gasteiger partial charge in [0.25, 0.3) is 0 Å². The van der Waals surface area contributed by atoms with E-state index in [1.165, 1.54) is 0 Å². The van der Waals surface area contributed by atoms with Gasteiger partial charge in [-0.1, -0.05) is 0 Å². The lowest BCUT2D eigenvalue weighted by atomic mass is 9.82. The van der Waals surface area contributed by atoms with Crippen molar-refractivity contribution in [2.45, 2.75) is 31.7 Å². The molecule has 4 N–H and O–H groups in total. The average Bonchev–Trinajstić information content (AvgIpc) is 2.39. The van der Waals surface area contributed by atoms with Crippen LogP contribution in [0.1, 0.15) is 25.7 Å². The molecule has 0 aliphatic heterocycles. The molecule has 2 aliphatic carbocycles. The average molecular weight is 204 g/mol. The van der Waals surface area contributed by atoms with Crippen LogP contribution < -0.4 is 10.9 Å². The molecule has 76 valence electrons. The molecular formula is C8H16N2O2S. The van der Waals surface area contributed by atoms with Gasteiger partial charge in [0, 0.05) is 11.5 Å². The van der Waals surface area contributed by atoms with Crippen molar-refractivity contribution >= 4 is 10.0 Å². The summed E-state index contributed by atoms with van der Waals surface area (Å²) < 4.78 is 22.1. The summed E-state index contributed by atoms with van der Waals surface area (Å²) in [7, 11) is -3.36. The molecule has 5 heteroatoms. The van der Waals surface area contributed by atoms with Crippen LogP contribution in [0.2, 0.25) is 0 Å². The smallest absolute Gasteiger partial charge is 0.209 e. The molecule has 4 nitrogen and oxygen atoms in total. The third-order valence-corrected chi connectivity index (χ3v) is 4.59. The first-order chi connectivity index (χ1) is 5.91. The Bertz CT molecular complexity index is 314. The Hall–Kier alpha value is -0.130. The number of nitrogens with two attached hydrogens (primary N) is 2. The fourth-order valence-electron chi connectivity index (χ4n) is 3.06. The molecular weight excluding hydrogens is 188 g/mol.